The average Bonchev–Trinajstić information content (AvgIpc) is 3.99. The van der Waals surface area contributed by atoms with Gasteiger partial charge in [0.1, 0.15) is 5.82 Å². The third-order valence-electron chi connectivity index (χ3n) is 10.8. The molecular weight excluding hydrogens is 964 g/mol. The SMILES string of the molecule is [2H]c1c([2H])c([2H])c(-c2cccc(-c3c([2H])c([2H])c([2H])c([2H])c3[2H])c2-[n+]2[c-]n(-c3[c-]c(Oc4[c-]c5c(cc4)c4ccccc4n5-c4cc(C([2H])([2H])C(C)C)ccn4)ccc3)c3cc(-c4ccccc4)ccc32)c([2H])c1[2H].[Pt]. The van der Waals surface area contributed by atoms with Crippen molar-refractivity contribution in [1.29, 1.82) is 0 Å². The Morgan fingerprint density at radius 3 is 2.09 bits per heavy atom. The molecule has 0 aliphatic heterocycles. The number of hydrogen-bond acceptors (Lipinski definition) is 2. The van der Waals surface area contributed by atoms with Crippen LogP contribution in [0.1, 0.15) is 35.9 Å². The average molecular weight is 1020 g/mol. The second-order valence-electron chi connectivity index (χ2n) is 15.2. The van der Waals surface area contributed by atoms with Gasteiger partial charge in [-0.15, -0.1) is 29.7 Å². The van der Waals surface area contributed by atoms with E-state index < -0.39 is 66.8 Å². The Hall–Kier alpha value is -7.33. The number of hydrogen-bond donors (Lipinski definition) is 0. The summed E-state index contributed by atoms with van der Waals surface area (Å²) in [6, 6.07) is 42.0. The Morgan fingerprint density at radius 2 is 1.34 bits per heavy atom. The third kappa shape index (κ3) is 7.63. The molecule has 0 radical (unpaired) electrons. The largest absolute Gasteiger partial charge is 0.510 e. The topological polar surface area (TPSA) is 35.9 Å². The predicted molar refractivity (Wildman–Crippen MR) is 255 cm³/mol. The van der Waals surface area contributed by atoms with Gasteiger partial charge in [0.15, 0.2) is 0 Å². The molecule has 11 aromatic rings. The van der Waals surface area contributed by atoms with Crippen LogP contribution < -0.4 is 9.30 Å². The molecule has 0 saturated heterocycles. The molecule has 0 atom stereocenters. The molecule has 0 unspecified atom stereocenters. The molecule has 0 spiro atoms. The molecule has 312 valence electrons. The summed E-state index contributed by atoms with van der Waals surface area (Å²) >= 11 is 0. The molecule has 0 aliphatic rings. The molecule has 3 heterocycles. The van der Waals surface area contributed by atoms with Crippen LogP contribution in [-0.4, -0.2) is 14.1 Å². The second kappa shape index (κ2) is 17.4. The Kier molecular flexibility index (Phi) is 7.93. The number of imidazole rings is 1. The van der Waals surface area contributed by atoms with Gasteiger partial charge in [-0.25, -0.2) is 4.98 Å². The molecule has 3 aromatic heterocycles. The van der Waals surface area contributed by atoms with Crippen LogP contribution in [0.3, 0.4) is 0 Å². The number of ether oxygens (including phenoxy) is 1. The quantitative estimate of drug-likeness (QED) is 0.101. The summed E-state index contributed by atoms with van der Waals surface area (Å²) in [6.07, 6.45) is 3.46. The van der Waals surface area contributed by atoms with Gasteiger partial charge in [0.2, 0.25) is 0 Å². The van der Waals surface area contributed by atoms with E-state index in [1.54, 1.807) is 63.9 Å². The third-order valence-corrected chi connectivity index (χ3v) is 10.8. The number of para-hydroxylation sites is 2. The van der Waals surface area contributed by atoms with Gasteiger partial charge >= 0.3 is 0 Å². The van der Waals surface area contributed by atoms with Crippen molar-refractivity contribution < 1.29 is 46.8 Å². The number of aromatic nitrogens is 4. The summed E-state index contributed by atoms with van der Waals surface area (Å²) in [5.74, 6) is 0.888. The first-order chi connectivity index (χ1) is 36.0. The van der Waals surface area contributed by atoms with E-state index in [0.29, 0.717) is 45.1 Å². The van der Waals surface area contributed by atoms with Crippen LogP contribution in [0, 0.1) is 24.4 Å². The van der Waals surface area contributed by atoms with E-state index in [-0.39, 0.29) is 54.9 Å². The van der Waals surface area contributed by atoms with Crippen molar-refractivity contribution >= 4 is 32.8 Å². The van der Waals surface area contributed by atoms with E-state index in [2.05, 4.69) is 18.5 Å². The molecule has 0 saturated carbocycles. The standard InChI is InChI=1S/C58H42N4O.Pt/c1-40(2)34-41-32-33-59-57(35-41)62-53-27-13-12-24-51(53)52-30-29-48(38-55(52)62)63-47-23-14-22-46(37-47)60-39-61(54-31-28-45(36-56(54)60)42-16-6-3-7-17-42)58-49(43-18-8-4-9-19-43)25-15-26-50(58)44-20-10-5-11-21-44;/h3-33,35-36,40H,34H2,1-2H3;/q-2;/i4D,5D,8D,9D,10D,11D,18D,19D,20D,21D,34D2;. The normalized spacial score (nSPS) is 14.2. The molecule has 0 N–H and O–H groups in total. The summed E-state index contributed by atoms with van der Waals surface area (Å²) in [5.41, 5.74) is 5.31. The van der Waals surface area contributed by atoms with Crippen LogP contribution in [0.4, 0.5) is 0 Å². The van der Waals surface area contributed by atoms with E-state index in [9.17, 15) is 0 Å². The molecule has 64 heavy (non-hydrogen) atoms. The van der Waals surface area contributed by atoms with Crippen LogP contribution in [0.5, 0.6) is 11.5 Å². The minimum Gasteiger partial charge on any atom is -0.510 e. The van der Waals surface area contributed by atoms with Crippen molar-refractivity contribution in [2.75, 3.05) is 0 Å². The summed E-state index contributed by atoms with van der Waals surface area (Å²) in [5, 5.41) is 1.83. The van der Waals surface area contributed by atoms with Crippen molar-refractivity contribution in [3.8, 4) is 62.1 Å². The van der Waals surface area contributed by atoms with Gasteiger partial charge in [-0.05, 0) is 86.6 Å². The molecule has 0 amide bonds. The summed E-state index contributed by atoms with van der Waals surface area (Å²) < 4.78 is 117. The van der Waals surface area contributed by atoms with E-state index in [0.717, 1.165) is 27.4 Å². The fourth-order valence-corrected chi connectivity index (χ4v) is 8.10. The van der Waals surface area contributed by atoms with Crippen LogP contribution >= 0.6 is 0 Å². The molecule has 0 aliphatic carbocycles. The van der Waals surface area contributed by atoms with Gasteiger partial charge in [0.05, 0.1) is 30.4 Å². The van der Waals surface area contributed by atoms with Crippen molar-refractivity contribution in [2.24, 2.45) is 5.92 Å². The first-order valence-electron chi connectivity index (χ1n) is 26.4. The van der Waals surface area contributed by atoms with E-state index in [4.69, 9.17) is 26.2 Å². The number of fused-ring (bicyclic) bond motifs is 4. The van der Waals surface area contributed by atoms with E-state index >= 15 is 0 Å². The first-order valence-corrected chi connectivity index (χ1v) is 20.4. The van der Waals surface area contributed by atoms with Gasteiger partial charge < -0.3 is 13.9 Å². The zero-order valence-corrected chi connectivity index (χ0v) is 36.6. The predicted octanol–water partition coefficient (Wildman–Crippen LogP) is 13.8. The molecule has 11 rings (SSSR count). The molecule has 8 aromatic carbocycles. The van der Waals surface area contributed by atoms with Gasteiger partial charge in [-0.1, -0.05) is 159 Å². The number of rotatable bonds is 10. The van der Waals surface area contributed by atoms with Crippen molar-refractivity contribution in [2.45, 2.75) is 20.2 Å². The van der Waals surface area contributed by atoms with Crippen LogP contribution in [0.25, 0.3) is 83.4 Å². The molecule has 0 bridgehead atoms. The second-order valence-corrected chi connectivity index (χ2v) is 15.2. The summed E-state index contributed by atoms with van der Waals surface area (Å²) in [7, 11) is 0. The number of benzene rings is 8. The van der Waals surface area contributed by atoms with Gasteiger partial charge in [0.25, 0.3) is 6.33 Å². The smallest absolute Gasteiger partial charge is 0.268 e. The fourth-order valence-electron chi connectivity index (χ4n) is 8.10. The first kappa shape index (κ1) is 29.1. The maximum absolute atomic E-state index is 9.11. The van der Waals surface area contributed by atoms with Crippen LogP contribution in [0.15, 0.2) is 200 Å². The van der Waals surface area contributed by atoms with Crippen LogP contribution in [-0.2, 0) is 27.4 Å². The maximum Gasteiger partial charge on any atom is 0.268 e. The van der Waals surface area contributed by atoms with Crippen molar-refractivity contribution in [3.05, 3.63) is 224 Å². The van der Waals surface area contributed by atoms with Crippen molar-refractivity contribution in [3.63, 3.8) is 0 Å². The number of pyridine rings is 1. The molecular formula is C58H42N4OPt-2. The molecule has 5 nitrogen and oxygen atoms in total. The zero-order chi connectivity index (χ0) is 52.8. The maximum atomic E-state index is 9.11. The van der Waals surface area contributed by atoms with E-state index in [1.807, 2.05) is 103 Å². The van der Waals surface area contributed by atoms with E-state index in [1.165, 1.54) is 0 Å². The van der Waals surface area contributed by atoms with Gasteiger partial charge in [-0.3, -0.25) is 4.57 Å². The van der Waals surface area contributed by atoms with Gasteiger partial charge in [0, 0.05) is 47.0 Å². The Labute approximate surface area is 404 Å². The number of nitrogens with zero attached hydrogens (tertiary/aromatic N) is 4. The van der Waals surface area contributed by atoms with Crippen molar-refractivity contribution in [1.82, 2.24) is 14.1 Å². The Morgan fingerprint density at radius 1 is 0.641 bits per heavy atom. The minimum absolute atomic E-state index is 0. The van der Waals surface area contributed by atoms with Gasteiger partial charge in [-0.2, -0.15) is 18.2 Å². The summed E-state index contributed by atoms with van der Waals surface area (Å²) in [6.45, 7) is 3.69. The Bertz CT molecular complexity index is 4000. The fraction of sp³-hybridized carbons (Fsp3) is 0.0690. The molecule has 0 fully saturated rings. The zero-order valence-electron chi connectivity index (χ0n) is 46.4. The molecule has 6 heteroatoms. The Balaban J connectivity index is 0.00000657. The van der Waals surface area contributed by atoms with Crippen LogP contribution in [0.2, 0.25) is 0 Å². The minimum atomic E-state index is -1.61. The summed E-state index contributed by atoms with van der Waals surface area (Å²) in [4.78, 5) is 4.71. The monoisotopic (exact) mass is 1020 g/mol.